The molecule has 114 valence electrons. The summed E-state index contributed by atoms with van der Waals surface area (Å²) in [6.07, 6.45) is 0.687. The Morgan fingerprint density at radius 3 is 2.71 bits per heavy atom. The molecule has 3 rings (SSSR count). The largest absolute Gasteiger partial charge is 0.485 e. The number of nitrogens with one attached hydrogen (secondary N) is 1. The van der Waals surface area contributed by atoms with Gasteiger partial charge in [-0.25, -0.2) is 0 Å². The fourth-order valence-electron chi connectivity index (χ4n) is 2.99. The third kappa shape index (κ3) is 3.13. The molecule has 1 aromatic rings. The summed E-state index contributed by atoms with van der Waals surface area (Å²) in [6.45, 7) is 7.39. The Morgan fingerprint density at radius 1 is 1.29 bits per heavy atom. The first-order valence-electron chi connectivity index (χ1n) is 7.78. The van der Waals surface area contributed by atoms with Gasteiger partial charge >= 0.3 is 0 Å². The Kier molecular flexibility index (Phi) is 4.29. The molecule has 0 bridgehead atoms. The van der Waals surface area contributed by atoms with Gasteiger partial charge in [-0.05, 0) is 18.6 Å². The lowest BCUT2D eigenvalue weighted by molar-refractivity contribution is -0.904. The minimum absolute atomic E-state index is 0.0556. The molecule has 0 saturated carbocycles. The van der Waals surface area contributed by atoms with E-state index in [1.807, 2.05) is 29.2 Å². The number of para-hydroxylation sites is 2. The number of carbonyl (C=O) groups is 1. The van der Waals surface area contributed by atoms with Crippen LogP contribution in [0.15, 0.2) is 24.3 Å². The van der Waals surface area contributed by atoms with Crippen molar-refractivity contribution >= 4 is 5.91 Å². The van der Waals surface area contributed by atoms with Crippen molar-refractivity contribution in [3.05, 3.63) is 24.3 Å². The van der Waals surface area contributed by atoms with Crippen LogP contribution in [0, 0.1) is 0 Å². The van der Waals surface area contributed by atoms with Crippen LogP contribution in [-0.2, 0) is 4.79 Å². The van der Waals surface area contributed by atoms with E-state index in [9.17, 15) is 4.79 Å². The molecule has 5 nitrogen and oxygen atoms in total. The topological polar surface area (TPSA) is 43.2 Å². The number of ether oxygens (including phenoxy) is 2. The van der Waals surface area contributed by atoms with Crippen LogP contribution in [0.5, 0.6) is 11.5 Å². The van der Waals surface area contributed by atoms with Gasteiger partial charge in [0, 0.05) is 0 Å². The molecule has 1 fully saturated rings. The first kappa shape index (κ1) is 14.2. The molecule has 1 aromatic carbocycles. The van der Waals surface area contributed by atoms with Crippen LogP contribution in [0.3, 0.4) is 0 Å². The second-order valence-corrected chi connectivity index (χ2v) is 5.69. The van der Waals surface area contributed by atoms with E-state index in [0.717, 1.165) is 31.9 Å². The molecule has 21 heavy (non-hydrogen) atoms. The summed E-state index contributed by atoms with van der Waals surface area (Å²) in [6, 6.07) is 7.50. The molecular formula is C16H23N2O3+. The number of hydrogen-bond donors (Lipinski definition) is 1. The molecule has 0 unspecified atom stereocenters. The standard InChI is InChI=1S/C16H22N2O3/c1-2-7-17-8-10-18(11-9-17)16(19)15-12-20-13-5-3-4-6-14(13)21-15/h3-6,15H,2,7-12H2,1H3/p+1/t15-/m1/s1. The molecule has 5 heteroatoms. The summed E-state index contributed by atoms with van der Waals surface area (Å²) in [4.78, 5) is 16.0. The number of quaternary nitrogens is 1. The van der Waals surface area contributed by atoms with Crippen LogP contribution >= 0.6 is 0 Å². The number of carbonyl (C=O) groups excluding carboxylic acids is 1. The van der Waals surface area contributed by atoms with E-state index in [4.69, 9.17) is 9.47 Å². The van der Waals surface area contributed by atoms with Crippen molar-refractivity contribution in [1.82, 2.24) is 4.90 Å². The van der Waals surface area contributed by atoms with Crippen LogP contribution in [-0.4, -0.2) is 56.2 Å². The van der Waals surface area contributed by atoms with E-state index < -0.39 is 6.10 Å². The molecule has 2 aliphatic heterocycles. The molecular weight excluding hydrogens is 268 g/mol. The summed E-state index contributed by atoms with van der Waals surface area (Å²) in [7, 11) is 0. The van der Waals surface area contributed by atoms with Gasteiger partial charge in [0.05, 0.1) is 32.7 Å². The molecule has 0 radical (unpaired) electrons. The summed E-state index contributed by atoms with van der Waals surface area (Å²) < 4.78 is 11.4. The number of piperazine rings is 1. The van der Waals surface area contributed by atoms with Crippen molar-refractivity contribution in [1.29, 1.82) is 0 Å². The highest BCUT2D eigenvalue weighted by molar-refractivity contribution is 5.82. The summed E-state index contributed by atoms with van der Waals surface area (Å²) in [5, 5.41) is 0. The van der Waals surface area contributed by atoms with E-state index in [-0.39, 0.29) is 5.91 Å². The number of rotatable bonds is 3. The van der Waals surface area contributed by atoms with E-state index in [1.165, 1.54) is 13.0 Å². The van der Waals surface area contributed by atoms with E-state index >= 15 is 0 Å². The first-order valence-corrected chi connectivity index (χ1v) is 7.78. The van der Waals surface area contributed by atoms with Crippen LogP contribution in [0.2, 0.25) is 0 Å². The van der Waals surface area contributed by atoms with Crippen molar-refractivity contribution in [2.75, 3.05) is 39.3 Å². The summed E-state index contributed by atoms with van der Waals surface area (Å²) >= 11 is 0. The van der Waals surface area contributed by atoms with Crippen LogP contribution in [0.25, 0.3) is 0 Å². The number of nitrogens with zero attached hydrogens (tertiary/aromatic N) is 1. The lowest BCUT2D eigenvalue weighted by Gasteiger charge is -2.35. The monoisotopic (exact) mass is 291 g/mol. The predicted molar refractivity (Wildman–Crippen MR) is 78.8 cm³/mol. The maximum atomic E-state index is 12.5. The molecule has 2 heterocycles. The number of benzene rings is 1. The van der Waals surface area contributed by atoms with E-state index in [2.05, 4.69) is 6.92 Å². The number of amides is 1. The third-order valence-electron chi connectivity index (χ3n) is 4.17. The van der Waals surface area contributed by atoms with Crippen molar-refractivity contribution in [3.63, 3.8) is 0 Å². The minimum atomic E-state index is -0.507. The van der Waals surface area contributed by atoms with Gasteiger partial charge in [-0.2, -0.15) is 0 Å². The Balaban J connectivity index is 1.57. The maximum absolute atomic E-state index is 12.5. The Morgan fingerprint density at radius 2 is 2.00 bits per heavy atom. The number of fused-ring (bicyclic) bond motifs is 1. The zero-order valence-corrected chi connectivity index (χ0v) is 12.5. The zero-order valence-electron chi connectivity index (χ0n) is 12.5. The molecule has 0 aliphatic carbocycles. The normalized spacial score (nSPS) is 22.1. The molecule has 0 spiro atoms. The smallest absolute Gasteiger partial charge is 0.267 e. The van der Waals surface area contributed by atoms with Gasteiger partial charge in [0.2, 0.25) is 6.10 Å². The molecule has 0 aromatic heterocycles. The Labute approximate surface area is 125 Å². The number of hydrogen-bond acceptors (Lipinski definition) is 3. The van der Waals surface area contributed by atoms with Crippen molar-refractivity contribution in [3.8, 4) is 11.5 Å². The second kappa shape index (κ2) is 6.35. The zero-order chi connectivity index (χ0) is 14.7. The molecule has 1 atom stereocenters. The highest BCUT2D eigenvalue weighted by atomic mass is 16.6. The Bertz CT molecular complexity index is 498. The average Bonchev–Trinajstić information content (AvgIpc) is 2.55. The fourth-order valence-corrected chi connectivity index (χ4v) is 2.99. The van der Waals surface area contributed by atoms with Gasteiger partial charge in [0.15, 0.2) is 11.5 Å². The highest BCUT2D eigenvalue weighted by Crippen LogP contribution is 2.31. The Hall–Kier alpha value is -1.75. The average molecular weight is 291 g/mol. The quantitative estimate of drug-likeness (QED) is 0.850. The highest BCUT2D eigenvalue weighted by Gasteiger charge is 2.33. The van der Waals surface area contributed by atoms with E-state index in [1.54, 1.807) is 4.90 Å². The lowest BCUT2D eigenvalue weighted by Crippen LogP contribution is -3.14. The molecule has 1 saturated heterocycles. The SMILES string of the molecule is CCC[NH+]1CCN(C(=O)[C@H]2COc3ccccc3O2)CC1. The maximum Gasteiger partial charge on any atom is 0.267 e. The van der Waals surface area contributed by atoms with Gasteiger partial charge in [-0.1, -0.05) is 19.1 Å². The van der Waals surface area contributed by atoms with Gasteiger partial charge < -0.3 is 19.3 Å². The van der Waals surface area contributed by atoms with Gasteiger partial charge in [-0.3, -0.25) is 4.79 Å². The summed E-state index contributed by atoms with van der Waals surface area (Å²) in [5.41, 5.74) is 0. The van der Waals surface area contributed by atoms with E-state index in [0.29, 0.717) is 12.4 Å². The second-order valence-electron chi connectivity index (χ2n) is 5.69. The minimum Gasteiger partial charge on any atom is -0.485 e. The van der Waals surface area contributed by atoms with Crippen molar-refractivity contribution < 1.29 is 19.2 Å². The molecule has 2 aliphatic rings. The van der Waals surface area contributed by atoms with Gasteiger partial charge in [-0.15, -0.1) is 0 Å². The first-order chi connectivity index (χ1) is 10.3. The fraction of sp³-hybridized carbons (Fsp3) is 0.562. The van der Waals surface area contributed by atoms with Crippen LogP contribution in [0.1, 0.15) is 13.3 Å². The van der Waals surface area contributed by atoms with Crippen molar-refractivity contribution in [2.45, 2.75) is 19.4 Å². The van der Waals surface area contributed by atoms with Crippen LogP contribution < -0.4 is 14.4 Å². The summed E-state index contributed by atoms with van der Waals surface area (Å²) in [5.74, 6) is 1.44. The van der Waals surface area contributed by atoms with Gasteiger partial charge in [0.25, 0.3) is 5.91 Å². The lowest BCUT2D eigenvalue weighted by atomic mass is 10.2. The predicted octanol–water partition coefficient (Wildman–Crippen LogP) is -0.0365. The van der Waals surface area contributed by atoms with Crippen molar-refractivity contribution in [2.24, 2.45) is 0 Å². The van der Waals surface area contributed by atoms with Gasteiger partial charge in [0.1, 0.15) is 6.61 Å². The third-order valence-corrected chi connectivity index (χ3v) is 4.17. The van der Waals surface area contributed by atoms with Crippen LogP contribution in [0.4, 0.5) is 0 Å². The molecule has 1 N–H and O–H groups in total. The molecule has 1 amide bonds.